The van der Waals surface area contributed by atoms with Gasteiger partial charge in [-0.15, -0.1) is 22.7 Å². The molecule has 10 heteroatoms. The normalized spacial score (nSPS) is 13.1. The third kappa shape index (κ3) is 4.03. The van der Waals surface area contributed by atoms with E-state index in [1.807, 2.05) is 24.3 Å². The summed E-state index contributed by atoms with van der Waals surface area (Å²) in [5.41, 5.74) is 1.88. The maximum absolute atomic E-state index is 14.2. The van der Waals surface area contributed by atoms with Crippen LogP contribution in [-0.4, -0.2) is 35.0 Å². The van der Waals surface area contributed by atoms with Crippen LogP contribution in [0.3, 0.4) is 0 Å². The van der Waals surface area contributed by atoms with Gasteiger partial charge in [-0.1, -0.05) is 18.2 Å². The van der Waals surface area contributed by atoms with E-state index in [4.69, 9.17) is 9.72 Å². The molecule has 0 bridgehead atoms. The first-order valence-corrected chi connectivity index (χ1v) is 12.3. The molecule has 1 aliphatic rings. The zero-order chi connectivity index (χ0) is 23.8. The summed E-state index contributed by atoms with van der Waals surface area (Å²) >= 11 is 2.76. The van der Waals surface area contributed by atoms with Gasteiger partial charge >= 0.3 is 6.09 Å². The molecule has 1 N–H and O–H groups in total. The quantitative estimate of drug-likeness (QED) is 0.370. The molecule has 6 nitrogen and oxygen atoms in total. The highest BCUT2D eigenvalue weighted by Crippen LogP contribution is 2.46. The number of nitrogens with zero attached hydrogens (tertiary/aromatic N) is 2. The van der Waals surface area contributed by atoms with Gasteiger partial charge in [-0.25, -0.2) is 18.6 Å². The van der Waals surface area contributed by atoms with Crippen LogP contribution < -0.4 is 5.32 Å². The maximum atomic E-state index is 14.2. The van der Waals surface area contributed by atoms with Gasteiger partial charge in [0.15, 0.2) is 0 Å². The Morgan fingerprint density at radius 3 is 2.62 bits per heavy atom. The van der Waals surface area contributed by atoms with Gasteiger partial charge in [-0.2, -0.15) is 0 Å². The minimum Gasteiger partial charge on any atom is -0.450 e. The Morgan fingerprint density at radius 2 is 1.88 bits per heavy atom. The second-order valence-corrected chi connectivity index (χ2v) is 9.75. The average Bonchev–Trinajstić information content (AvgIpc) is 3.39. The lowest BCUT2D eigenvalue weighted by molar-refractivity contribution is 0.101. The van der Waals surface area contributed by atoms with Crippen molar-refractivity contribution in [2.75, 3.05) is 18.5 Å². The van der Waals surface area contributed by atoms with E-state index >= 15 is 0 Å². The molecule has 0 aliphatic carbocycles. The molecule has 1 aliphatic heterocycles. The number of amides is 2. The van der Waals surface area contributed by atoms with Gasteiger partial charge in [0, 0.05) is 17.0 Å². The molecule has 3 heterocycles. The number of fused-ring (bicyclic) bond motifs is 2. The van der Waals surface area contributed by atoms with E-state index in [1.54, 1.807) is 11.8 Å². The van der Waals surface area contributed by atoms with Crippen molar-refractivity contribution in [3.63, 3.8) is 0 Å². The summed E-state index contributed by atoms with van der Waals surface area (Å²) in [7, 11) is 0. The molecule has 4 aromatic rings. The smallest absolute Gasteiger partial charge is 0.410 e. The van der Waals surface area contributed by atoms with Crippen molar-refractivity contribution in [2.45, 2.75) is 19.9 Å². The number of hydrogen-bond acceptors (Lipinski definition) is 6. The summed E-state index contributed by atoms with van der Waals surface area (Å²) in [6, 6.07) is 11.0. The molecule has 2 aromatic heterocycles. The second kappa shape index (κ2) is 9.11. The first-order chi connectivity index (χ1) is 16.5. The van der Waals surface area contributed by atoms with Crippen molar-refractivity contribution < 1.29 is 23.1 Å². The molecule has 0 saturated carbocycles. The SMILES string of the molecule is CCOC(=O)N1CCc2c(sc(NC(=O)c3c(F)cccc3F)c2-c2nc3ccccc3s2)C1. The summed E-state index contributed by atoms with van der Waals surface area (Å²) in [6.45, 7) is 2.80. The number of halogens is 2. The summed E-state index contributed by atoms with van der Waals surface area (Å²) in [5, 5.41) is 3.86. The molecule has 2 aromatic carbocycles. The Morgan fingerprint density at radius 1 is 1.12 bits per heavy atom. The number of nitrogens with one attached hydrogen (secondary N) is 1. The van der Waals surface area contributed by atoms with Crippen LogP contribution in [0.15, 0.2) is 42.5 Å². The number of carbonyl (C=O) groups excluding carboxylic acids is 2. The fraction of sp³-hybridized carbons (Fsp3) is 0.208. The standard InChI is InChI=1S/C24H19F2N3O3S2/c1-2-32-24(31)29-11-10-13-18(12-29)34-23(28-21(30)20-14(25)6-5-7-15(20)26)19(13)22-27-16-8-3-4-9-17(16)33-22/h3-9H,2,10-12H2,1H3,(H,28,30). The second-order valence-electron chi connectivity index (χ2n) is 7.62. The van der Waals surface area contributed by atoms with Crippen LogP contribution in [0.4, 0.5) is 18.6 Å². The number of aromatic nitrogens is 1. The third-order valence-electron chi connectivity index (χ3n) is 5.51. The molecular formula is C24H19F2N3O3S2. The highest BCUT2D eigenvalue weighted by Gasteiger charge is 2.30. The number of hydrogen-bond donors (Lipinski definition) is 1. The van der Waals surface area contributed by atoms with Crippen molar-refractivity contribution in [1.82, 2.24) is 9.88 Å². The zero-order valence-electron chi connectivity index (χ0n) is 18.1. The predicted octanol–water partition coefficient (Wildman–Crippen LogP) is 6.07. The first kappa shape index (κ1) is 22.4. The lowest BCUT2D eigenvalue weighted by Crippen LogP contribution is -2.35. The lowest BCUT2D eigenvalue weighted by Gasteiger charge is -2.26. The van der Waals surface area contributed by atoms with Crippen LogP contribution in [0.5, 0.6) is 0 Å². The van der Waals surface area contributed by atoms with Crippen LogP contribution in [0.25, 0.3) is 20.8 Å². The zero-order valence-corrected chi connectivity index (χ0v) is 19.7. The Bertz CT molecular complexity index is 1360. The van der Waals surface area contributed by atoms with Gasteiger partial charge in [0.1, 0.15) is 27.2 Å². The van der Waals surface area contributed by atoms with Crippen molar-refractivity contribution >= 4 is 49.9 Å². The highest BCUT2D eigenvalue weighted by molar-refractivity contribution is 7.23. The minimum absolute atomic E-state index is 0.277. The van der Waals surface area contributed by atoms with Crippen LogP contribution >= 0.6 is 22.7 Å². The first-order valence-electron chi connectivity index (χ1n) is 10.6. The summed E-state index contributed by atoms with van der Waals surface area (Å²) in [5.74, 6) is -2.75. The van der Waals surface area contributed by atoms with Crippen LogP contribution in [0.1, 0.15) is 27.7 Å². The highest BCUT2D eigenvalue weighted by atomic mass is 32.1. The number of thiophene rings is 1. The van der Waals surface area contributed by atoms with Gasteiger partial charge in [0.05, 0.1) is 23.4 Å². The van der Waals surface area contributed by atoms with Crippen molar-refractivity contribution in [1.29, 1.82) is 0 Å². The van der Waals surface area contributed by atoms with E-state index in [9.17, 15) is 18.4 Å². The number of carbonyl (C=O) groups is 2. The largest absolute Gasteiger partial charge is 0.450 e. The van der Waals surface area contributed by atoms with Gasteiger partial charge < -0.3 is 15.0 Å². The monoisotopic (exact) mass is 499 g/mol. The van der Waals surface area contributed by atoms with Crippen LogP contribution in [-0.2, 0) is 17.7 Å². The summed E-state index contributed by atoms with van der Waals surface area (Å²) in [6.07, 6.45) is 0.141. The van der Waals surface area contributed by atoms with Gasteiger partial charge in [0.2, 0.25) is 0 Å². The van der Waals surface area contributed by atoms with Crippen LogP contribution in [0, 0.1) is 11.6 Å². The van der Waals surface area contributed by atoms with Crippen molar-refractivity contribution in [3.05, 3.63) is 70.1 Å². The molecule has 34 heavy (non-hydrogen) atoms. The Kier molecular flexibility index (Phi) is 6.01. The lowest BCUT2D eigenvalue weighted by atomic mass is 10.0. The summed E-state index contributed by atoms with van der Waals surface area (Å²) < 4.78 is 34.6. The van der Waals surface area contributed by atoms with E-state index in [1.165, 1.54) is 28.7 Å². The summed E-state index contributed by atoms with van der Waals surface area (Å²) in [4.78, 5) is 32.4. The molecule has 0 fully saturated rings. The van der Waals surface area contributed by atoms with Gasteiger partial charge in [-0.3, -0.25) is 4.79 Å². The molecule has 5 rings (SSSR count). The molecule has 0 spiro atoms. The van der Waals surface area contributed by atoms with Crippen molar-refractivity contribution in [2.24, 2.45) is 0 Å². The molecule has 0 unspecified atom stereocenters. The number of thiazole rings is 1. The molecule has 0 radical (unpaired) electrons. The Hall–Kier alpha value is -3.37. The maximum Gasteiger partial charge on any atom is 0.410 e. The van der Waals surface area contributed by atoms with E-state index in [-0.39, 0.29) is 6.61 Å². The Balaban J connectivity index is 1.58. The van der Waals surface area contributed by atoms with E-state index in [2.05, 4.69) is 5.32 Å². The average molecular weight is 500 g/mol. The predicted molar refractivity (Wildman–Crippen MR) is 128 cm³/mol. The molecule has 0 saturated heterocycles. The molecular weight excluding hydrogens is 480 g/mol. The van der Waals surface area contributed by atoms with Crippen molar-refractivity contribution in [3.8, 4) is 10.6 Å². The topological polar surface area (TPSA) is 71.5 Å². The number of para-hydroxylation sites is 1. The fourth-order valence-corrected chi connectivity index (χ4v) is 6.32. The van der Waals surface area contributed by atoms with Crippen LogP contribution in [0.2, 0.25) is 0 Å². The van der Waals surface area contributed by atoms with E-state index < -0.39 is 29.2 Å². The van der Waals surface area contributed by atoms with E-state index in [0.29, 0.717) is 29.5 Å². The fourth-order valence-electron chi connectivity index (χ4n) is 3.95. The number of ether oxygens (including phenoxy) is 1. The number of rotatable bonds is 4. The molecule has 174 valence electrons. The number of anilines is 1. The third-order valence-corrected chi connectivity index (χ3v) is 7.69. The van der Waals surface area contributed by atoms with E-state index in [0.717, 1.165) is 38.4 Å². The molecule has 2 amide bonds. The van der Waals surface area contributed by atoms with Gasteiger partial charge in [-0.05, 0) is 43.2 Å². The molecule has 0 atom stereocenters. The minimum atomic E-state index is -0.936. The van der Waals surface area contributed by atoms with Gasteiger partial charge in [0.25, 0.3) is 5.91 Å². The number of benzene rings is 2. The Labute approximate surface area is 201 Å².